The van der Waals surface area contributed by atoms with Crippen molar-refractivity contribution in [2.45, 2.75) is 52.1 Å². The molecule has 3 rings (SSSR count). The van der Waals surface area contributed by atoms with Gasteiger partial charge in [-0.3, -0.25) is 4.79 Å². The molecule has 0 aromatic carbocycles. The first-order chi connectivity index (χ1) is 8.02. The molecule has 0 N–H and O–H groups in total. The largest absolute Gasteiger partial charge is 0.461 e. The average Bonchev–Trinajstić information content (AvgIpc) is 2.55. The standard InChI is InChI=1S/C12H17IO2S2/c13-12-5-7-8(15-11(14)10(7)17)4-6(12)2-1-3-9(12)16/h6-10,16-17H,1-5H2. The number of carbonyl (C=O) groups excluding carboxylic acids is 1. The van der Waals surface area contributed by atoms with Gasteiger partial charge in [0.2, 0.25) is 0 Å². The van der Waals surface area contributed by atoms with Gasteiger partial charge < -0.3 is 4.74 Å². The fraction of sp³-hybridized carbons (Fsp3) is 0.917. The van der Waals surface area contributed by atoms with Gasteiger partial charge in [-0.15, -0.1) is 0 Å². The third-order valence-corrected chi connectivity index (χ3v) is 8.60. The van der Waals surface area contributed by atoms with Crippen LogP contribution in [0.25, 0.3) is 0 Å². The zero-order valence-corrected chi connectivity index (χ0v) is 13.5. The number of fused-ring (bicyclic) bond motifs is 2. The first kappa shape index (κ1) is 12.9. The SMILES string of the molecule is O=C1OC2CC3CCCC(S)C3(I)CC2C1S. The summed E-state index contributed by atoms with van der Waals surface area (Å²) in [5, 5.41) is 0.245. The Bertz CT molecular complexity index is 351. The molecule has 2 nitrogen and oxygen atoms in total. The molecule has 0 amide bonds. The Labute approximate surface area is 127 Å². The van der Waals surface area contributed by atoms with Crippen molar-refractivity contribution >= 4 is 53.8 Å². The Morgan fingerprint density at radius 2 is 2.12 bits per heavy atom. The van der Waals surface area contributed by atoms with Crippen molar-refractivity contribution in [1.82, 2.24) is 0 Å². The van der Waals surface area contributed by atoms with E-state index in [0.717, 1.165) is 12.8 Å². The van der Waals surface area contributed by atoms with Gasteiger partial charge in [0.25, 0.3) is 0 Å². The number of hydrogen-bond donors (Lipinski definition) is 2. The van der Waals surface area contributed by atoms with Crippen molar-refractivity contribution in [1.29, 1.82) is 0 Å². The minimum Gasteiger partial charge on any atom is -0.461 e. The summed E-state index contributed by atoms with van der Waals surface area (Å²) >= 11 is 11.8. The lowest BCUT2D eigenvalue weighted by atomic mass is 9.66. The van der Waals surface area contributed by atoms with Gasteiger partial charge in [0, 0.05) is 14.6 Å². The van der Waals surface area contributed by atoms with Crippen LogP contribution in [-0.4, -0.2) is 26.0 Å². The Balaban J connectivity index is 1.87. The van der Waals surface area contributed by atoms with Gasteiger partial charge in [-0.25, -0.2) is 0 Å². The van der Waals surface area contributed by atoms with Crippen LogP contribution in [0.3, 0.4) is 0 Å². The maximum atomic E-state index is 11.6. The molecule has 6 atom stereocenters. The number of esters is 1. The maximum Gasteiger partial charge on any atom is 0.319 e. The van der Waals surface area contributed by atoms with Crippen LogP contribution < -0.4 is 0 Å². The van der Waals surface area contributed by atoms with E-state index in [1.54, 1.807) is 0 Å². The molecular weight excluding hydrogens is 367 g/mol. The number of ether oxygens (including phenoxy) is 1. The van der Waals surface area contributed by atoms with E-state index < -0.39 is 0 Å². The highest BCUT2D eigenvalue weighted by Gasteiger charge is 2.56. The second kappa shape index (κ2) is 4.47. The van der Waals surface area contributed by atoms with Gasteiger partial charge in [0.15, 0.2) is 0 Å². The molecule has 1 saturated heterocycles. The van der Waals surface area contributed by atoms with Crippen LogP contribution in [0.4, 0.5) is 0 Å². The molecule has 6 unspecified atom stereocenters. The molecule has 1 aliphatic heterocycles. The first-order valence-corrected chi connectivity index (χ1v) is 8.39. The number of rotatable bonds is 0. The smallest absolute Gasteiger partial charge is 0.319 e. The Morgan fingerprint density at radius 1 is 1.35 bits per heavy atom. The lowest BCUT2D eigenvalue weighted by Crippen LogP contribution is -2.52. The quantitative estimate of drug-likeness (QED) is 0.291. The average molecular weight is 384 g/mol. The second-order valence-corrected chi connectivity index (χ2v) is 8.78. The summed E-state index contributed by atoms with van der Waals surface area (Å²) in [6.45, 7) is 0. The van der Waals surface area contributed by atoms with Crippen LogP contribution in [-0.2, 0) is 9.53 Å². The summed E-state index contributed by atoms with van der Waals surface area (Å²) in [6.07, 6.45) is 5.91. The third kappa shape index (κ3) is 1.95. The molecule has 0 radical (unpaired) electrons. The van der Waals surface area contributed by atoms with E-state index in [-0.39, 0.29) is 20.7 Å². The lowest BCUT2D eigenvalue weighted by molar-refractivity contribution is -0.142. The molecule has 0 aromatic rings. The lowest BCUT2D eigenvalue weighted by Gasteiger charge is -2.50. The predicted octanol–water partition coefficient (Wildman–Crippen LogP) is 2.89. The molecule has 0 spiro atoms. The van der Waals surface area contributed by atoms with Crippen LogP contribution in [0.15, 0.2) is 0 Å². The summed E-state index contributed by atoms with van der Waals surface area (Å²) in [4.78, 5) is 11.6. The van der Waals surface area contributed by atoms with Crippen molar-refractivity contribution in [3.8, 4) is 0 Å². The van der Waals surface area contributed by atoms with Gasteiger partial charge >= 0.3 is 5.97 Å². The van der Waals surface area contributed by atoms with Crippen molar-refractivity contribution < 1.29 is 9.53 Å². The van der Waals surface area contributed by atoms with Crippen molar-refractivity contribution in [3.05, 3.63) is 0 Å². The highest BCUT2D eigenvalue weighted by Crippen LogP contribution is 2.56. The fourth-order valence-corrected chi connectivity index (χ4v) is 5.96. The van der Waals surface area contributed by atoms with Crippen molar-refractivity contribution in [2.75, 3.05) is 0 Å². The summed E-state index contributed by atoms with van der Waals surface area (Å²) in [5.74, 6) is 0.844. The normalized spacial score (nSPS) is 53.8. The topological polar surface area (TPSA) is 26.3 Å². The number of alkyl halides is 1. The number of thiol groups is 2. The van der Waals surface area contributed by atoms with Crippen LogP contribution in [0.1, 0.15) is 32.1 Å². The molecule has 96 valence electrons. The van der Waals surface area contributed by atoms with Crippen LogP contribution in [0.5, 0.6) is 0 Å². The molecule has 0 bridgehead atoms. The highest BCUT2D eigenvalue weighted by atomic mass is 127. The number of halogens is 1. The monoisotopic (exact) mass is 384 g/mol. The zero-order chi connectivity index (χ0) is 12.2. The molecule has 5 heteroatoms. The zero-order valence-electron chi connectivity index (χ0n) is 9.51. The Morgan fingerprint density at radius 3 is 2.88 bits per heavy atom. The molecule has 3 aliphatic rings. The molecular formula is C12H17IO2S2. The molecule has 1 heterocycles. The Kier molecular flexibility index (Phi) is 3.40. The summed E-state index contributed by atoms with van der Waals surface area (Å²) in [6, 6.07) is 0. The molecule has 3 fully saturated rings. The van der Waals surface area contributed by atoms with Gasteiger partial charge in [-0.2, -0.15) is 25.3 Å². The maximum absolute atomic E-state index is 11.6. The first-order valence-electron chi connectivity index (χ1n) is 6.28. The van der Waals surface area contributed by atoms with Gasteiger partial charge in [0.1, 0.15) is 11.4 Å². The van der Waals surface area contributed by atoms with Crippen LogP contribution in [0, 0.1) is 11.8 Å². The Hall–Kier alpha value is 0.900. The van der Waals surface area contributed by atoms with Gasteiger partial charge in [-0.1, -0.05) is 29.0 Å². The van der Waals surface area contributed by atoms with Gasteiger partial charge in [0.05, 0.1) is 0 Å². The van der Waals surface area contributed by atoms with E-state index in [1.165, 1.54) is 19.3 Å². The van der Waals surface area contributed by atoms with Crippen LogP contribution in [0.2, 0.25) is 0 Å². The number of carbonyl (C=O) groups is 1. The van der Waals surface area contributed by atoms with Crippen molar-refractivity contribution in [3.63, 3.8) is 0 Å². The van der Waals surface area contributed by atoms with Crippen LogP contribution >= 0.6 is 47.8 Å². The van der Waals surface area contributed by atoms with E-state index in [1.807, 2.05) is 0 Å². The number of hydrogen-bond acceptors (Lipinski definition) is 4. The summed E-state index contributed by atoms with van der Waals surface area (Å²) < 4.78 is 5.71. The summed E-state index contributed by atoms with van der Waals surface area (Å²) in [5.41, 5.74) is 0. The predicted molar refractivity (Wildman–Crippen MR) is 82.2 cm³/mol. The fourth-order valence-electron chi connectivity index (χ4n) is 3.72. The van der Waals surface area contributed by atoms with E-state index in [9.17, 15) is 4.79 Å². The van der Waals surface area contributed by atoms with E-state index >= 15 is 0 Å². The highest BCUT2D eigenvalue weighted by molar-refractivity contribution is 14.1. The van der Waals surface area contributed by atoms with Gasteiger partial charge in [-0.05, 0) is 31.6 Å². The minimum atomic E-state index is -0.213. The molecule has 0 aromatic heterocycles. The van der Waals surface area contributed by atoms with Crippen molar-refractivity contribution in [2.24, 2.45) is 11.8 Å². The summed E-state index contributed by atoms with van der Waals surface area (Å²) in [7, 11) is 0. The molecule has 2 aliphatic carbocycles. The molecule has 2 saturated carbocycles. The van der Waals surface area contributed by atoms with E-state index in [0.29, 0.717) is 17.1 Å². The van der Waals surface area contributed by atoms with E-state index in [4.69, 9.17) is 17.4 Å². The second-order valence-electron chi connectivity index (χ2n) is 5.59. The molecule has 17 heavy (non-hydrogen) atoms. The minimum absolute atomic E-state index is 0.113. The third-order valence-electron chi connectivity index (χ3n) is 4.72. The van der Waals surface area contributed by atoms with E-state index in [2.05, 4.69) is 35.2 Å².